The van der Waals surface area contributed by atoms with Gasteiger partial charge >= 0.3 is 0 Å². The monoisotopic (exact) mass is 402 g/mol. The molecule has 2 aromatic rings. The first-order valence-electron chi connectivity index (χ1n) is 8.49. The van der Waals surface area contributed by atoms with Gasteiger partial charge in [0.05, 0.1) is 11.1 Å². The highest BCUT2D eigenvalue weighted by atomic mass is 35.5. The third kappa shape index (κ3) is 5.75. The molecule has 1 amide bonds. The van der Waals surface area contributed by atoms with E-state index in [0.29, 0.717) is 27.0 Å². The number of benzene rings is 2. The van der Waals surface area contributed by atoms with Crippen LogP contribution in [0.25, 0.3) is 6.08 Å². The molecule has 1 unspecified atom stereocenters. The molecule has 1 N–H and O–H groups in total. The summed E-state index contributed by atoms with van der Waals surface area (Å²) < 4.78 is 5.72. The molecular formula is C21H20Cl2N2O2. The quantitative estimate of drug-likeness (QED) is 0.474. The van der Waals surface area contributed by atoms with Crippen LogP contribution in [0.4, 0.5) is 5.69 Å². The first-order chi connectivity index (χ1) is 12.8. The molecule has 2 rings (SSSR count). The number of ether oxygens (including phenoxy) is 1. The Hall–Kier alpha value is -2.48. The molecule has 6 heteroatoms. The number of aryl methyl sites for hydroxylation is 1. The van der Waals surface area contributed by atoms with Crippen molar-refractivity contribution in [2.24, 2.45) is 0 Å². The van der Waals surface area contributed by atoms with Crippen LogP contribution in [0.3, 0.4) is 0 Å². The van der Waals surface area contributed by atoms with Gasteiger partial charge in [-0.1, -0.05) is 42.3 Å². The largest absolute Gasteiger partial charge is 0.489 e. The molecule has 2 aromatic carbocycles. The van der Waals surface area contributed by atoms with Gasteiger partial charge in [0, 0.05) is 10.7 Å². The molecule has 0 saturated carbocycles. The summed E-state index contributed by atoms with van der Waals surface area (Å²) in [5.74, 6) is 0.0552. The number of nitrogens with one attached hydrogen (secondary N) is 1. The van der Waals surface area contributed by atoms with E-state index >= 15 is 0 Å². The fourth-order valence-corrected chi connectivity index (χ4v) is 2.64. The summed E-state index contributed by atoms with van der Waals surface area (Å²) in [6, 6.07) is 12.2. The summed E-state index contributed by atoms with van der Waals surface area (Å²) >= 11 is 12.2. The summed E-state index contributed by atoms with van der Waals surface area (Å²) in [5, 5.41) is 13.0. The zero-order valence-corrected chi connectivity index (χ0v) is 16.9. The van der Waals surface area contributed by atoms with Gasteiger partial charge in [-0.05, 0) is 61.7 Å². The van der Waals surface area contributed by atoms with Crippen molar-refractivity contribution in [3.63, 3.8) is 0 Å². The van der Waals surface area contributed by atoms with E-state index in [-0.39, 0.29) is 11.7 Å². The van der Waals surface area contributed by atoms with Crippen LogP contribution in [0.15, 0.2) is 42.0 Å². The van der Waals surface area contributed by atoms with E-state index in [1.165, 1.54) is 6.08 Å². The van der Waals surface area contributed by atoms with Crippen LogP contribution in [-0.2, 0) is 4.79 Å². The number of carbonyl (C=O) groups is 1. The average Bonchev–Trinajstić information content (AvgIpc) is 2.64. The van der Waals surface area contributed by atoms with Crippen molar-refractivity contribution >= 4 is 40.9 Å². The number of nitriles is 1. The van der Waals surface area contributed by atoms with Gasteiger partial charge < -0.3 is 10.1 Å². The second-order valence-corrected chi connectivity index (χ2v) is 6.95. The van der Waals surface area contributed by atoms with Crippen molar-refractivity contribution in [1.29, 1.82) is 5.26 Å². The molecule has 0 spiro atoms. The number of hydrogen-bond donors (Lipinski definition) is 1. The standard InChI is InChI=1S/C21H20Cl2N2O2/c1-4-14(3)27-20-8-6-15(10-18(20)23)9-16(12-24)21(26)25-19-11-17(22)7-5-13(19)2/h5-11,14H,4H2,1-3H3,(H,25,26)/b16-9+. The van der Waals surface area contributed by atoms with E-state index in [9.17, 15) is 10.1 Å². The lowest BCUT2D eigenvalue weighted by Crippen LogP contribution is -2.14. The van der Waals surface area contributed by atoms with Gasteiger partial charge in [-0.2, -0.15) is 5.26 Å². The summed E-state index contributed by atoms with van der Waals surface area (Å²) in [6.45, 7) is 5.83. The minimum absolute atomic E-state index is 0.0407. The molecule has 0 radical (unpaired) electrons. The molecule has 27 heavy (non-hydrogen) atoms. The molecule has 1 atom stereocenters. The van der Waals surface area contributed by atoms with E-state index in [0.717, 1.165) is 12.0 Å². The first-order valence-corrected chi connectivity index (χ1v) is 9.25. The Morgan fingerprint density at radius 1 is 1.30 bits per heavy atom. The summed E-state index contributed by atoms with van der Waals surface area (Å²) in [6.07, 6.45) is 2.39. The number of halogens is 2. The van der Waals surface area contributed by atoms with Crippen molar-refractivity contribution in [2.75, 3.05) is 5.32 Å². The SMILES string of the molecule is CCC(C)Oc1ccc(/C=C(\C#N)C(=O)Nc2cc(Cl)ccc2C)cc1Cl. The summed E-state index contributed by atoms with van der Waals surface area (Å²) in [7, 11) is 0. The highest BCUT2D eigenvalue weighted by molar-refractivity contribution is 6.32. The molecule has 0 aliphatic carbocycles. The van der Waals surface area contributed by atoms with Crippen LogP contribution >= 0.6 is 23.2 Å². The molecule has 0 saturated heterocycles. The maximum absolute atomic E-state index is 12.4. The van der Waals surface area contributed by atoms with Gasteiger partial charge in [0.15, 0.2) is 0 Å². The van der Waals surface area contributed by atoms with Crippen LogP contribution < -0.4 is 10.1 Å². The maximum atomic E-state index is 12.4. The number of hydrogen-bond acceptors (Lipinski definition) is 3. The van der Waals surface area contributed by atoms with E-state index in [2.05, 4.69) is 5.32 Å². The second-order valence-electron chi connectivity index (χ2n) is 6.11. The highest BCUT2D eigenvalue weighted by Gasteiger charge is 2.12. The Morgan fingerprint density at radius 3 is 2.67 bits per heavy atom. The third-order valence-corrected chi connectivity index (χ3v) is 4.51. The molecule has 0 fully saturated rings. The Balaban J connectivity index is 2.22. The minimum Gasteiger partial charge on any atom is -0.489 e. The van der Waals surface area contributed by atoms with Gasteiger partial charge in [-0.25, -0.2) is 0 Å². The highest BCUT2D eigenvalue weighted by Crippen LogP contribution is 2.28. The molecule has 0 aliphatic heterocycles. The molecule has 0 bridgehead atoms. The Bertz CT molecular complexity index is 917. The van der Waals surface area contributed by atoms with Crippen molar-refractivity contribution in [2.45, 2.75) is 33.3 Å². The van der Waals surface area contributed by atoms with Gasteiger partial charge in [0.1, 0.15) is 17.4 Å². The molecule has 4 nitrogen and oxygen atoms in total. The number of amides is 1. The lowest BCUT2D eigenvalue weighted by atomic mass is 10.1. The summed E-state index contributed by atoms with van der Waals surface area (Å²) in [5.41, 5.74) is 2.00. The van der Waals surface area contributed by atoms with E-state index in [1.54, 1.807) is 36.4 Å². The van der Waals surface area contributed by atoms with E-state index < -0.39 is 5.91 Å². The first kappa shape index (κ1) is 20.8. The molecule has 140 valence electrons. The molecule has 0 aromatic heterocycles. The average molecular weight is 403 g/mol. The Labute approximate surface area is 169 Å². The number of anilines is 1. The van der Waals surface area contributed by atoms with Crippen molar-refractivity contribution < 1.29 is 9.53 Å². The summed E-state index contributed by atoms with van der Waals surface area (Å²) in [4.78, 5) is 12.4. The van der Waals surface area contributed by atoms with Crippen molar-refractivity contribution in [3.8, 4) is 11.8 Å². The Kier molecular flexibility index (Phi) is 7.29. The number of nitrogens with zero attached hydrogens (tertiary/aromatic N) is 1. The lowest BCUT2D eigenvalue weighted by Gasteiger charge is -2.14. The topological polar surface area (TPSA) is 62.1 Å². The van der Waals surface area contributed by atoms with Crippen LogP contribution in [0.5, 0.6) is 5.75 Å². The fraction of sp³-hybridized carbons (Fsp3) is 0.238. The van der Waals surface area contributed by atoms with Gasteiger partial charge in [0.2, 0.25) is 0 Å². The van der Waals surface area contributed by atoms with Crippen LogP contribution in [-0.4, -0.2) is 12.0 Å². The van der Waals surface area contributed by atoms with E-state index in [4.69, 9.17) is 27.9 Å². The predicted molar refractivity (Wildman–Crippen MR) is 110 cm³/mol. The third-order valence-electron chi connectivity index (χ3n) is 3.98. The van der Waals surface area contributed by atoms with Crippen LogP contribution in [0, 0.1) is 18.3 Å². The minimum atomic E-state index is -0.515. The number of carbonyl (C=O) groups excluding carboxylic acids is 1. The van der Waals surface area contributed by atoms with Crippen LogP contribution in [0.2, 0.25) is 10.0 Å². The van der Waals surface area contributed by atoms with Gasteiger partial charge in [0.25, 0.3) is 5.91 Å². The second kappa shape index (κ2) is 9.45. The predicted octanol–water partition coefficient (Wildman–Crippen LogP) is 6.02. The van der Waals surface area contributed by atoms with E-state index in [1.807, 2.05) is 26.8 Å². The zero-order chi connectivity index (χ0) is 20.0. The van der Waals surface area contributed by atoms with Gasteiger partial charge in [-0.15, -0.1) is 0 Å². The Morgan fingerprint density at radius 2 is 2.04 bits per heavy atom. The molecule has 0 heterocycles. The zero-order valence-electron chi connectivity index (χ0n) is 15.3. The normalized spacial score (nSPS) is 12.2. The maximum Gasteiger partial charge on any atom is 0.266 e. The lowest BCUT2D eigenvalue weighted by molar-refractivity contribution is -0.112. The van der Waals surface area contributed by atoms with Gasteiger partial charge in [-0.3, -0.25) is 4.79 Å². The molecule has 0 aliphatic rings. The van der Waals surface area contributed by atoms with Crippen molar-refractivity contribution in [1.82, 2.24) is 0 Å². The van der Waals surface area contributed by atoms with Crippen LogP contribution in [0.1, 0.15) is 31.4 Å². The van der Waals surface area contributed by atoms with Crippen molar-refractivity contribution in [3.05, 3.63) is 63.1 Å². The smallest absolute Gasteiger partial charge is 0.266 e. The molecular weight excluding hydrogens is 383 g/mol. The number of rotatable bonds is 6. The fourth-order valence-electron chi connectivity index (χ4n) is 2.24.